The zero-order chi connectivity index (χ0) is 28.7. The third-order valence-electron chi connectivity index (χ3n) is 5.92. The Hall–Kier alpha value is -3.36. The maximum atomic E-state index is 14.1. The Balaban J connectivity index is 0.000000983. The third kappa shape index (κ3) is 8.31. The fourth-order valence-electron chi connectivity index (χ4n) is 3.99. The van der Waals surface area contributed by atoms with Gasteiger partial charge in [0, 0.05) is 30.2 Å². The first-order valence-electron chi connectivity index (χ1n) is 12.0. The number of nitrogens with zero attached hydrogens (tertiary/aromatic N) is 4. The second kappa shape index (κ2) is 13.6. The molecule has 14 heteroatoms. The molecular formula is C25H29F4N5O4S. The van der Waals surface area contributed by atoms with Crippen molar-refractivity contribution >= 4 is 29.1 Å². The number of amidine groups is 1. The van der Waals surface area contributed by atoms with Gasteiger partial charge in [0.1, 0.15) is 6.04 Å². The zero-order valence-corrected chi connectivity index (χ0v) is 22.4. The summed E-state index contributed by atoms with van der Waals surface area (Å²) < 4.78 is 53.4. The second-order valence-corrected chi connectivity index (χ2v) is 9.68. The molecule has 0 bridgehead atoms. The van der Waals surface area contributed by atoms with E-state index in [2.05, 4.69) is 15.3 Å². The van der Waals surface area contributed by atoms with Crippen LogP contribution in [0.25, 0.3) is 0 Å². The maximum Gasteiger partial charge on any atom is 0.338 e. The first-order valence-corrected chi connectivity index (χ1v) is 12.9. The van der Waals surface area contributed by atoms with Crippen LogP contribution >= 0.6 is 11.3 Å². The van der Waals surface area contributed by atoms with Crippen molar-refractivity contribution in [2.75, 3.05) is 26.9 Å². The van der Waals surface area contributed by atoms with Gasteiger partial charge in [-0.25, -0.2) is 37.4 Å². The largest absolute Gasteiger partial charge is 0.481 e. The van der Waals surface area contributed by atoms with Gasteiger partial charge in [0.15, 0.2) is 22.5 Å². The molecule has 0 saturated carbocycles. The number of methoxy groups -OCH3 is 1. The first-order chi connectivity index (χ1) is 18.5. The van der Waals surface area contributed by atoms with Crippen LogP contribution < -0.4 is 5.32 Å². The molecule has 39 heavy (non-hydrogen) atoms. The second-order valence-electron chi connectivity index (χ2n) is 8.79. The molecule has 1 aromatic carbocycles. The van der Waals surface area contributed by atoms with E-state index in [-0.39, 0.29) is 17.9 Å². The molecule has 1 saturated heterocycles. The van der Waals surface area contributed by atoms with Crippen molar-refractivity contribution in [2.45, 2.75) is 39.2 Å². The van der Waals surface area contributed by atoms with Crippen LogP contribution in [0.15, 0.2) is 46.0 Å². The van der Waals surface area contributed by atoms with Gasteiger partial charge in [0.25, 0.3) is 0 Å². The Morgan fingerprint density at radius 2 is 1.97 bits per heavy atom. The monoisotopic (exact) mass is 571 g/mol. The van der Waals surface area contributed by atoms with Crippen molar-refractivity contribution in [3.63, 3.8) is 0 Å². The molecule has 2 N–H and O–H groups in total. The van der Waals surface area contributed by atoms with Gasteiger partial charge in [-0.3, -0.25) is 9.79 Å². The highest BCUT2D eigenvalue weighted by Gasteiger charge is 2.38. The lowest BCUT2D eigenvalue weighted by Crippen LogP contribution is -2.37. The van der Waals surface area contributed by atoms with Crippen LogP contribution in [0.2, 0.25) is 0 Å². The molecule has 0 aliphatic carbocycles. The highest BCUT2D eigenvalue weighted by Crippen LogP contribution is 2.34. The zero-order valence-electron chi connectivity index (χ0n) is 21.5. The van der Waals surface area contributed by atoms with Crippen LogP contribution in [0.5, 0.6) is 0 Å². The van der Waals surface area contributed by atoms with Crippen LogP contribution in [0.4, 0.5) is 17.6 Å². The Morgan fingerprint density at radius 1 is 1.26 bits per heavy atom. The summed E-state index contributed by atoms with van der Waals surface area (Å²) >= 11 is 1.34. The fraction of sp³-hybridized carbons (Fsp3) is 0.440. The highest BCUT2D eigenvalue weighted by molar-refractivity contribution is 7.11. The quantitative estimate of drug-likeness (QED) is 0.248. The van der Waals surface area contributed by atoms with Crippen molar-refractivity contribution in [1.82, 2.24) is 20.3 Å². The number of ether oxygens (including phenoxy) is 1. The van der Waals surface area contributed by atoms with Crippen LogP contribution in [-0.2, 0) is 14.3 Å². The Bertz CT molecular complexity index is 1220. The number of thiazole rings is 1. The highest BCUT2D eigenvalue weighted by atomic mass is 32.1. The predicted molar refractivity (Wildman–Crippen MR) is 136 cm³/mol. The molecule has 0 amide bonds. The molecule has 1 aromatic heterocycles. The van der Waals surface area contributed by atoms with E-state index in [1.807, 2.05) is 16.9 Å². The van der Waals surface area contributed by atoms with Gasteiger partial charge in [-0.2, -0.15) is 0 Å². The topological polar surface area (TPSA) is 107 Å². The Kier molecular flexibility index (Phi) is 10.5. The number of halogens is 4. The van der Waals surface area contributed by atoms with E-state index < -0.39 is 36.0 Å². The number of carboxylic acids is 1. The number of carbonyl (C=O) groups excluding carboxylic acids is 1. The number of aliphatic carboxylic acids is 1. The average Bonchev–Trinajstić information content (AvgIpc) is 3.36. The number of hydrogen-bond donors (Lipinski definition) is 2. The van der Waals surface area contributed by atoms with Gasteiger partial charge in [0.2, 0.25) is 6.43 Å². The van der Waals surface area contributed by atoms with E-state index in [0.29, 0.717) is 41.9 Å². The lowest BCUT2D eigenvalue weighted by molar-refractivity contribution is -0.138. The van der Waals surface area contributed by atoms with Crippen molar-refractivity contribution in [1.29, 1.82) is 0 Å². The summed E-state index contributed by atoms with van der Waals surface area (Å²) in [4.78, 5) is 32.9. The van der Waals surface area contributed by atoms with Crippen molar-refractivity contribution in [3.8, 4) is 0 Å². The number of aromatic nitrogens is 1. The van der Waals surface area contributed by atoms with Crippen molar-refractivity contribution in [2.24, 2.45) is 10.9 Å². The van der Waals surface area contributed by atoms with Gasteiger partial charge in [-0.15, -0.1) is 11.3 Å². The van der Waals surface area contributed by atoms with Gasteiger partial charge >= 0.3 is 11.9 Å². The van der Waals surface area contributed by atoms with Crippen LogP contribution in [0.1, 0.15) is 43.3 Å². The summed E-state index contributed by atoms with van der Waals surface area (Å²) in [6.07, 6.45) is 0.258. The number of aliphatic imine (C=N–C) groups is 1. The minimum absolute atomic E-state index is 0.00625. The van der Waals surface area contributed by atoms with E-state index in [0.717, 1.165) is 25.5 Å². The van der Waals surface area contributed by atoms with E-state index in [9.17, 15) is 27.2 Å². The Labute approximate surface area is 226 Å². The molecule has 4 rings (SSSR count). The Morgan fingerprint density at radius 3 is 2.54 bits per heavy atom. The summed E-state index contributed by atoms with van der Waals surface area (Å²) in [5, 5.41) is 18.6. The molecule has 2 aliphatic rings. The van der Waals surface area contributed by atoms with Crippen LogP contribution in [0, 0.1) is 17.6 Å². The van der Waals surface area contributed by atoms with Gasteiger partial charge in [-0.1, -0.05) is 19.4 Å². The molecule has 3 unspecified atom stereocenters. The molecule has 3 heterocycles. The lowest BCUT2D eigenvalue weighted by atomic mass is 9.95. The number of rotatable bonds is 10. The smallest absolute Gasteiger partial charge is 0.338 e. The number of carbonyl (C=O) groups is 2. The first kappa shape index (κ1) is 30.2. The minimum atomic E-state index is -2.17. The molecule has 2 aromatic rings. The molecule has 212 valence electrons. The summed E-state index contributed by atoms with van der Waals surface area (Å²) in [5.41, 5.74) is 0.983. The number of hydrogen-bond acceptors (Lipinski definition) is 9. The molecule has 9 nitrogen and oxygen atoms in total. The van der Waals surface area contributed by atoms with Gasteiger partial charge in [-0.05, 0) is 30.5 Å². The molecule has 0 spiro atoms. The number of alkyl halides is 2. The van der Waals surface area contributed by atoms with Gasteiger partial charge in [0.05, 0.1) is 25.9 Å². The maximum absolute atomic E-state index is 14.1. The normalized spacial score (nSPS) is 20.9. The average molecular weight is 572 g/mol. The summed E-state index contributed by atoms with van der Waals surface area (Å²) in [6.45, 7) is 4.24. The number of benzene rings is 1. The van der Waals surface area contributed by atoms with E-state index in [1.165, 1.54) is 24.5 Å². The summed E-state index contributed by atoms with van der Waals surface area (Å²) in [7, 11) is 1.25. The van der Waals surface area contributed by atoms with Crippen LogP contribution in [0.3, 0.4) is 0 Å². The summed E-state index contributed by atoms with van der Waals surface area (Å²) in [6, 6.07) is 2.48. The molecular weight excluding hydrogens is 542 g/mol. The molecule has 1 fully saturated rings. The SMILES string of the molecule is CC(F)F.CCC(CC(=O)O)CN1CN1CC1=C(C(=O)OC)[C@H](c2ccc(F)c(F)c2)N=C(c2nccs2)N1. The number of esters is 1. The predicted octanol–water partition coefficient (Wildman–Crippen LogP) is 4.20. The number of carboxylic acid groups (broad SMARTS) is 1. The fourth-order valence-corrected chi connectivity index (χ4v) is 4.58. The number of hydrazine groups is 1. The number of nitrogens with one attached hydrogen (secondary N) is 1. The lowest BCUT2D eigenvalue weighted by Gasteiger charge is -2.27. The van der Waals surface area contributed by atoms with Crippen molar-refractivity contribution in [3.05, 3.63) is 63.3 Å². The van der Waals surface area contributed by atoms with E-state index in [4.69, 9.17) is 9.84 Å². The standard InChI is InChI=1S/C23H25F2N5O4S.C2H4F2/c1-3-13(8-18(31)32)10-29-12-30(29)11-17-19(23(33)34-2)20(14-4-5-15(24)16(25)9-14)28-21(27-17)22-26-6-7-35-22;1-2(3)4/h4-7,9,13,20H,3,8,10-12H2,1-2H3,(H,27,28)(H,31,32);2H,1H3/t13?,20-,29?,30?;/m0./s1. The summed E-state index contributed by atoms with van der Waals surface area (Å²) in [5.74, 6) is -3.12. The van der Waals surface area contributed by atoms with Crippen LogP contribution in [-0.4, -0.2) is 71.2 Å². The van der Waals surface area contributed by atoms with E-state index >= 15 is 0 Å². The van der Waals surface area contributed by atoms with Gasteiger partial charge < -0.3 is 15.2 Å². The minimum Gasteiger partial charge on any atom is -0.481 e. The molecule has 2 aliphatic heterocycles. The third-order valence-corrected chi connectivity index (χ3v) is 6.70. The molecule has 0 radical (unpaired) electrons. The molecule has 4 atom stereocenters. The van der Waals surface area contributed by atoms with Crippen molar-refractivity contribution < 1.29 is 37.0 Å². The van der Waals surface area contributed by atoms with E-state index in [1.54, 1.807) is 11.6 Å².